The zero-order valence-electron chi connectivity index (χ0n) is 9.65. The van der Waals surface area contributed by atoms with Crippen molar-refractivity contribution in [2.45, 2.75) is 19.3 Å². The molecule has 0 spiro atoms. The van der Waals surface area contributed by atoms with Crippen molar-refractivity contribution in [3.05, 3.63) is 27.4 Å². The molecule has 1 heterocycles. The number of alkyl halides is 6. The molecule has 0 aliphatic carbocycles. The minimum Gasteiger partial charge on any atom is -0.462 e. The van der Waals surface area contributed by atoms with Crippen molar-refractivity contribution in [2.75, 3.05) is 6.61 Å². The fourth-order valence-electron chi connectivity index (χ4n) is 1.21. The number of nitrogens with one attached hydrogen (secondary N) is 1. The summed E-state index contributed by atoms with van der Waals surface area (Å²) in [4.78, 5) is 25.9. The van der Waals surface area contributed by atoms with Gasteiger partial charge in [0.05, 0.1) is 6.61 Å². The Morgan fingerprint density at radius 1 is 1.20 bits per heavy atom. The molecule has 0 saturated heterocycles. The van der Waals surface area contributed by atoms with Crippen LogP contribution >= 0.6 is 0 Å². The second-order valence-corrected chi connectivity index (χ2v) is 3.35. The van der Waals surface area contributed by atoms with Crippen molar-refractivity contribution in [3.8, 4) is 0 Å². The standard InChI is InChI=1S/C9H6F6N2O3/c1-2-20-6(19)3-4(8(10,11)12)16-7(9(13,14)15)17-5(3)18/h2H2,1H3,(H,16,17,18). The number of halogens is 6. The first-order valence-electron chi connectivity index (χ1n) is 4.94. The molecule has 11 heteroatoms. The molecular formula is C9H6F6N2O3. The van der Waals surface area contributed by atoms with E-state index in [4.69, 9.17) is 0 Å². The fourth-order valence-corrected chi connectivity index (χ4v) is 1.21. The molecule has 0 radical (unpaired) electrons. The first kappa shape index (κ1) is 16.0. The van der Waals surface area contributed by atoms with E-state index in [1.807, 2.05) is 0 Å². The molecule has 0 saturated carbocycles. The molecule has 0 fully saturated rings. The van der Waals surface area contributed by atoms with Gasteiger partial charge in [-0.05, 0) is 6.92 Å². The molecule has 0 atom stereocenters. The van der Waals surface area contributed by atoms with Gasteiger partial charge in [-0.2, -0.15) is 26.3 Å². The van der Waals surface area contributed by atoms with Crippen LogP contribution in [0.25, 0.3) is 0 Å². The summed E-state index contributed by atoms with van der Waals surface area (Å²) in [6.07, 6.45) is -10.7. The summed E-state index contributed by atoms with van der Waals surface area (Å²) in [5.41, 5.74) is -5.74. The summed E-state index contributed by atoms with van der Waals surface area (Å²) >= 11 is 0. The zero-order chi connectivity index (χ0) is 15.7. The van der Waals surface area contributed by atoms with Gasteiger partial charge in [-0.25, -0.2) is 9.78 Å². The van der Waals surface area contributed by atoms with Crippen molar-refractivity contribution >= 4 is 5.97 Å². The molecule has 5 nitrogen and oxygen atoms in total. The molecule has 0 bridgehead atoms. The highest BCUT2D eigenvalue weighted by Crippen LogP contribution is 2.32. The van der Waals surface area contributed by atoms with E-state index in [-0.39, 0.29) is 6.61 Å². The highest BCUT2D eigenvalue weighted by molar-refractivity contribution is 5.90. The van der Waals surface area contributed by atoms with Gasteiger partial charge < -0.3 is 9.72 Å². The molecule has 0 amide bonds. The van der Waals surface area contributed by atoms with Crippen LogP contribution in [0, 0.1) is 0 Å². The first-order valence-corrected chi connectivity index (χ1v) is 4.94. The Kier molecular flexibility index (Phi) is 4.10. The van der Waals surface area contributed by atoms with Crippen LogP contribution in [-0.4, -0.2) is 22.5 Å². The number of aromatic nitrogens is 2. The monoisotopic (exact) mass is 304 g/mol. The van der Waals surface area contributed by atoms with Gasteiger partial charge in [0.2, 0.25) is 5.82 Å². The fraction of sp³-hybridized carbons (Fsp3) is 0.444. The lowest BCUT2D eigenvalue weighted by Gasteiger charge is -2.13. The van der Waals surface area contributed by atoms with E-state index in [1.165, 1.54) is 6.92 Å². The van der Waals surface area contributed by atoms with E-state index in [0.29, 0.717) is 0 Å². The third kappa shape index (κ3) is 3.27. The molecule has 0 unspecified atom stereocenters. The second-order valence-electron chi connectivity index (χ2n) is 3.35. The van der Waals surface area contributed by atoms with Crippen LogP contribution < -0.4 is 5.56 Å². The number of H-pyrrole nitrogens is 1. The van der Waals surface area contributed by atoms with Crippen molar-refractivity contribution in [2.24, 2.45) is 0 Å². The molecule has 0 aliphatic rings. The highest BCUT2D eigenvalue weighted by Gasteiger charge is 2.44. The van der Waals surface area contributed by atoms with Crippen LogP contribution in [0.1, 0.15) is 28.8 Å². The van der Waals surface area contributed by atoms with E-state index in [0.717, 1.165) is 4.98 Å². The third-order valence-corrected chi connectivity index (χ3v) is 1.94. The summed E-state index contributed by atoms with van der Waals surface area (Å²) < 4.78 is 78.9. The Hall–Kier alpha value is -2.07. The largest absolute Gasteiger partial charge is 0.462 e. The minimum absolute atomic E-state index is 0.364. The van der Waals surface area contributed by atoms with Gasteiger partial charge in [-0.3, -0.25) is 4.79 Å². The van der Waals surface area contributed by atoms with Gasteiger partial charge in [0.15, 0.2) is 11.3 Å². The summed E-state index contributed by atoms with van der Waals surface area (Å²) in [5.74, 6) is -3.86. The molecule has 1 rings (SSSR count). The van der Waals surface area contributed by atoms with Crippen molar-refractivity contribution in [1.82, 2.24) is 9.97 Å². The van der Waals surface area contributed by atoms with Crippen molar-refractivity contribution in [1.29, 1.82) is 0 Å². The Bertz CT molecular complexity index is 575. The maximum atomic E-state index is 12.6. The molecular weight excluding hydrogens is 298 g/mol. The predicted molar refractivity (Wildman–Crippen MR) is 50.8 cm³/mol. The van der Waals surface area contributed by atoms with Gasteiger partial charge >= 0.3 is 18.3 Å². The number of rotatable bonds is 2. The normalized spacial score (nSPS) is 12.3. The third-order valence-electron chi connectivity index (χ3n) is 1.94. The molecule has 1 aromatic rings. The van der Waals surface area contributed by atoms with E-state index < -0.39 is 41.0 Å². The van der Waals surface area contributed by atoms with Crippen molar-refractivity contribution in [3.63, 3.8) is 0 Å². The topological polar surface area (TPSA) is 72.0 Å². The maximum absolute atomic E-state index is 12.6. The summed E-state index contributed by atoms with van der Waals surface area (Å²) in [5, 5.41) is 0. The number of carbonyl (C=O) groups excluding carboxylic acids is 1. The van der Waals surface area contributed by atoms with Crippen LogP contribution in [0.2, 0.25) is 0 Å². The van der Waals surface area contributed by atoms with E-state index in [1.54, 1.807) is 0 Å². The number of hydrogen-bond acceptors (Lipinski definition) is 4. The zero-order valence-corrected chi connectivity index (χ0v) is 9.65. The Balaban J connectivity index is 3.61. The smallest absolute Gasteiger partial charge is 0.449 e. The number of aromatic amines is 1. The van der Waals surface area contributed by atoms with Gasteiger partial charge in [0.1, 0.15) is 0 Å². The molecule has 0 aromatic carbocycles. The lowest BCUT2D eigenvalue weighted by atomic mass is 10.2. The van der Waals surface area contributed by atoms with Gasteiger partial charge in [-0.1, -0.05) is 0 Å². The molecule has 1 aromatic heterocycles. The Morgan fingerprint density at radius 2 is 1.75 bits per heavy atom. The average Bonchev–Trinajstić information content (AvgIpc) is 2.25. The number of carbonyl (C=O) groups is 1. The summed E-state index contributed by atoms with van der Waals surface area (Å²) in [6.45, 7) is 0.882. The number of nitrogens with zero attached hydrogens (tertiary/aromatic N) is 1. The number of ether oxygens (including phenoxy) is 1. The molecule has 1 N–H and O–H groups in total. The van der Waals surface area contributed by atoms with Crippen molar-refractivity contribution < 1.29 is 35.9 Å². The van der Waals surface area contributed by atoms with Crippen LogP contribution in [0.5, 0.6) is 0 Å². The van der Waals surface area contributed by atoms with Gasteiger partial charge in [-0.15, -0.1) is 0 Å². The predicted octanol–water partition coefficient (Wildman–Crippen LogP) is 1.98. The first-order chi connectivity index (χ1) is 8.98. The van der Waals surface area contributed by atoms with Crippen LogP contribution in [0.3, 0.4) is 0 Å². The van der Waals surface area contributed by atoms with Crippen LogP contribution in [0.15, 0.2) is 4.79 Å². The summed E-state index contributed by atoms with van der Waals surface area (Å²) in [6, 6.07) is 0. The van der Waals surface area contributed by atoms with Gasteiger partial charge in [0.25, 0.3) is 5.56 Å². The second kappa shape index (κ2) is 5.13. The van der Waals surface area contributed by atoms with Crippen LogP contribution in [0.4, 0.5) is 26.3 Å². The Morgan fingerprint density at radius 3 is 2.15 bits per heavy atom. The van der Waals surface area contributed by atoms with Gasteiger partial charge in [0, 0.05) is 0 Å². The molecule has 112 valence electrons. The SMILES string of the molecule is CCOC(=O)c1c(C(F)(F)F)nc(C(F)(F)F)[nH]c1=O. The lowest BCUT2D eigenvalue weighted by Crippen LogP contribution is -2.31. The Labute approximate surface area is 106 Å². The molecule has 0 aliphatic heterocycles. The minimum atomic E-state index is -5.42. The average molecular weight is 304 g/mol. The molecule has 20 heavy (non-hydrogen) atoms. The maximum Gasteiger partial charge on any atom is 0.449 e. The van der Waals surface area contributed by atoms with E-state index >= 15 is 0 Å². The van der Waals surface area contributed by atoms with E-state index in [9.17, 15) is 35.9 Å². The lowest BCUT2D eigenvalue weighted by molar-refractivity contribution is -0.153. The van der Waals surface area contributed by atoms with Crippen LogP contribution in [-0.2, 0) is 17.1 Å². The number of esters is 1. The highest BCUT2D eigenvalue weighted by atomic mass is 19.4. The summed E-state index contributed by atoms with van der Waals surface area (Å²) in [7, 11) is 0. The van der Waals surface area contributed by atoms with E-state index in [2.05, 4.69) is 9.72 Å². The quantitative estimate of drug-likeness (QED) is 0.670. The number of hydrogen-bond donors (Lipinski definition) is 1.